The summed E-state index contributed by atoms with van der Waals surface area (Å²) in [4.78, 5) is 15.0. The third-order valence-corrected chi connectivity index (χ3v) is 7.66. The molecule has 31 heavy (non-hydrogen) atoms. The molecular weight excluding hydrogens is 440 g/mol. The topological polar surface area (TPSA) is 84.9 Å². The Labute approximate surface area is 187 Å². The van der Waals surface area contributed by atoms with Crippen LogP contribution in [0.15, 0.2) is 47.4 Å². The molecule has 9 heteroatoms. The summed E-state index contributed by atoms with van der Waals surface area (Å²) < 4.78 is 39.7. The van der Waals surface area contributed by atoms with E-state index in [2.05, 4.69) is 4.72 Å². The van der Waals surface area contributed by atoms with Gasteiger partial charge >= 0.3 is 0 Å². The van der Waals surface area contributed by atoms with Crippen molar-refractivity contribution in [3.63, 3.8) is 0 Å². The maximum Gasteiger partial charge on any atom is 0.263 e. The van der Waals surface area contributed by atoms with Crippen LogP contribution in [0.3, 0.4) is 0 Å². The van der Waals surface area contributed by atoms with E-state index in [1.54, 1.807) is 30.3 Å². The molecule has 2 aromatic rings. The number of halogens is 1. The molecule has 2 aromatic carbocycles. The van der Waals surface area contributed by atoms with Gasteiger partial charge in [0.05, 0.1) is 36.6 Å². The Balaban J connectivity index is 1.63. The number of para-hydroxylation sites is 2. The molecule has 0 bridgehead atoms. The summed E-state index contributed by atoms with van der Waals surface area (Å²) in [5.41, 5.74) is 0.576. The number of benzene rings is 2. The predicted octanol–water partition coefficient (Wildman–Crippen LogP) is 3.93. The van der Waals surface area contributed by atoms with Crippen LogP contribution in [0.25, 0.3) is 0 Å². The minimum absolute atomic E-state index is 0.0254. The summed E-state index contributed by atoms with van der Waals surface area (Å²) in [5.74, 6) is 0.177. The number of hydrogen-bond donors (Lipinski definition) is 1. The van der Waals surface area contributed by atoms with Crippen molar-refractivity contribution in [2.24, 2.45) is 0 Å². The molecule has 7 nitrogen and oxygen atoms in total. The van der Waals surface area contributed by atoms with Crippen molar-refractivity contribution in [3.8, 4) is 5.75 Å². The monoisotopic (exact) mass is 464 g/mol. The van der Waals surface area contributed by atoms with Gasteiger partial charge in [-0.3, -0.25) is 9.52 Å². The number of amides is 1. The fourth-order valence-electron chi connectivity index (χ4n) is 4.29. The number of methoxy groups -OCH3 is 1. The Kier molecular flexibility index (Phi) is 6.41. The molecule has 2 aliphatic rings. The molecule has 1 heterocycles. The zero-order valence-corrected chi connectivity index (χ0v) is 18.8. The average molecular weight is 465 g/mol. The molecular formula is C22H25ClN2O5S. The van der Waals surface area contributed by atoms with Crippen LogP contribution < -0.4 is 9.46 Å². The molecule has 2 fully saturated rings. The summed E-state index contributed by atoms with van der Waals surface area (Å²) in [6.45, 7) is 0.977. The quantitative estimate of drug-likeness (QED) is 0.724. The number of ether oxygens (including phenoxy) is 2. The Morgan fingerprint density at radius 1 is 1.19 bits per heavy atom. The lowest BCUT2D eigenvalue weighted by atomic mass is 9.89. The molecule has 2 atom stereocenters. The van der Waals surface area contributed by atoms with Crippen molar-refractivity contribution in [1.82, 2.24) is 4.90 Å². The number of carbonyl (C=O) groups is 1. The highest BCUT2D eigenvalue weighted by atomic mass is 35.5. The van der Waals surface area contributed by atoms with Crippen LogP contribution in [0.1, 0.15) is 36.0 Å². The second-order valence-electron chi connectivity index (χ2n) is 7.71. The lowest BCUT2D eigenvalue weighted by molar-refractivity contribution is -0.0752. The van der Waals surface area contributed by atoms with Crippen molar-refractivity contribution >= 4 is 33.2 Å². The smallest absolute Gasteiger partial charge is 0.263 e. The van der Waals surface area contributed by atoms with Crippen LogP contribution in [0.2, 0.25) is 5.02 Å². The molecule has 1 aliphatic heterocycles. The van der Waals surface area contributed by atoms with Gasteiger partial charge in [-0.15, -0.1) is 0 Å². The Morgan fingerprint density at radius 3 is 2.77 bits per heavy atom. The molecule has 1 amide bonds. The molecule has 1 saturated heterocycles. The first-order valence-corrected chi connectivity index (χ1v) is 12.1. The average Bonchev–Trinajstić information content (AvgIpc) is 2.78. The third kappa shape index (κ3) is 4.51. The van der Waals surface area contributed by atoms with Gasteiger partial charge in [0, 0.05) is 12.1 Å². The predicted molar refractivity (Wildman–Crippen MR) is 118 cm³/mol. The zero-order chi connectivity index (χ0) is 22.0. The summed E-state index contributed by atoms with van der Waals surface area (Å²) in [5, 5.41) is 0.0384. The van der Waals surface area contributed by atoms with Gasteiger partial charge in [-0.25, -0.2) is 8.42 Å². The van der Waals surface area contributed by atoms with E-state index in [0.29, 0.717) is 18.9 Å². The van der Waals surface area contributed by atoms with Crippen LogP contribution in [0, 0.1) is 0 Å². The van der Waals surface area contributed by atoms with Gasteiger partial charge in [-0.1, -0.05) is 36.6 Å². The van der Waals surface area contributed by atoms with Crippen molar-refractivity contribution in [3.05, 3.63) is 53.1 Å². The van der Waals surface area contributed by atoms with Crippen molar-refractivity contribution < 1.29 is 22.7 Å². The number of morpholine rings is 1. The molecule has 1 N–H and O–H groups in total. The minimum atomic E-state index is -4.04. The summed E-state index contributed by atoms with van der Waals surface area (Å²) >= 11 is 6.23. The van der Waals surface area contributed by atoms with E-state index < -0.39 is 10.0 Å². The first-order chi connectivity index (χ1) is 14.9. The maximum absolute atomic E-state index is 13.3. The first-order valence-electron chi connectivity index (χ1n) is 10.3. The molecule has 0 spiro atoms. The molecule has 4 rings (SSSR count). The van der Waals surface area contributed by atoms with Crippen LogP contribution in [-0.2, 0) is 14.8 Å². The van der Waals surface area contributed by atoms with Crippen LogP contribution in [0.5, 0.6) is 5.75 Å². The standard InChI is InChI=1S/C22H25ClN2O5S/c1-29-19-8-4-2-6-17(19)24-31(27,28)21-14-15(10-11-16(21)23)22(26)25-12-13-30-20-9-5-3-7-18(20)25/h2,4,6,8,10-11,14,18,20,24H,3,5,7,9,12-13H2,1H3. The van der Waals surface area contributed by atoms with Gasteiger partial charge < -0.3 is 14.4 Å². The second kappa shape index (κ2) is 9.06. The van der Waals surface area contributed by atoms with E-state index in [0.717, 1.165) is 25.7 Å². The van der Waals surface area contributed by atoms with Crippen molar-refractivity contribution in [2.45, 2.75) is 42.7 Å². The van der Waals surface area contributed by atoms with Gasteiger partial charge in [0.25, 0.3) is 15.9 Å². The van der Waals surface area contributed by atoms with Crippen molar-refractivity contribution in [1.29, 1.82) is 0 Å². The van der Waals surface area contributed by atoms with Gasteiger partial charge in [-0.2, -0.15) is 0 Å². The summed E-state index contributed by atoms with van der Waals surface area (Å²) in [6.07, 6.45) is 4.04. The molecule has 0 radical (unpaired) electrons. The Hall–Kier alpha value is -2.29. The van der Waals surface area contributed by atoms with Crippen LogP contribution in [-0.4, -0.2) is 51.6 Å². The number of anilines is 1. The van der Waals surface area contributed by atoms with E-state index in [4.69, 9.17) is 21.1 Å². The molecule has 0 aromatic heterocycles. The van der Waals surface area contributed by atoms with Crippen LogP contribution >= 0.6 is 11.6 Å². The highest BCUT2D eigenvalue weighted by Gasteiger charge is 2.37. The number of nitrogens with one attached hydrogen (secondary N) is 1. The third-order valence-electron chi connectivity index (χ3n) is 5.81. The maximum atomic E-state index is 13.3. The minimum Gasteiger partial charge on any atom is -0.495 e. The highest BCUT2D eigenvalue weighted by Crippen LogP contribution is 2.32. The lowest BCUT2D eigenvalue weighted by Crippen LogP contribution is -2.54. The first kappa shape index (κ1) is 21.9. The Morgan fingerprint density at radius 2 is 1.97 bits per heavy atom. The largest absolute Gasteiger partial charge is 0.495 e. The van der Waals surface area contributed by atoms with Gasteiger partial charge in [0.15, 0.2) is 0 Å². The lowest BCUT2D eigenvalue weighted by Gasteiger charge is -2.43. The normalized spacial score (nSPS) is 21.3. The SMILES string of the molecule is COc1ccccc1NS(=O)(=O)c1cc(C(=O)N2CCOC3CCCCC32)ccc1Cl. The molecule has 1 saturated carbocycles. The number of hydrogen-bond acceptors (Lipinski definition) is 5. The molecule has 166 valence electrons. The summed E-state index contributed by atoms with van der Waals surface area (Å²) in [6, 6.07) is 11.1. The number of sulfonamides is 1. The molecule has 2 unspecified atom stereocenters. The fourth-order valence-corrected chi connectivity index (χ4v) is 5.88. The van der Waals surface area contributed by atoms with Gasteiger partial charge in [0.2, 0.25) is 0 Å². The number of fused-ring (bicyclic) bond motifs is 1. The van der Waals surface area contributed by atoms with E-state index in [1.807, 2.05) is 4.90 Å². The van der Waals surface area contributed by atoms with Gasteiger partial charge in [-0.05, 0) is 43.2 Å². The van der Waals surface area contributed by atoms with Gasteiger partial charge in [0.1, 0.15) is 10.6 Å². The number of nitrogens with zero attached hydrogens (tertiary/aromatic N) is 1. The fraction of sp³-hybridized carbons (Fsp3) is 0.409. The zero-order valence-electron chi connectivity index (χ0n) is 17.2. The van der Waals surface area contributed by atoms with E-state index in [9.17, 15) is 13.2 Å². The molecule has 1 aliphatic carbocycles. The van der Waals surface area contributed by atoms with Crippen LogP contribution in [0.4, 0.5) is 5.69 Å². The van der Waals surface area contributed by atoms with E-state index >= 15 is 0 Å². The van der Waals surface area contributed by atoms with Crippen molar-refractivity contribution in [2.75, 3.05) is 25.0 Å². The van der Waals surface area contributed by atoms with E-state index in [1.165, 1.54) is 19.2 Å². The second-order valence-corrected chi connectivity index (χ2v) is 9.77. The number of carbonyl (C=O) groups excluding carboxylic acids is 1. The Bertz CT molecular complexity index is 1070. The number of rotatable bonds is 5. The summed E-state index contributed by atoms with van der Waals surface area (Å²) in [7, 11) is -2.59. The highest BCUT2D eigenvalue weighted by molar-refractivity contribution is 7.92. The van der Waals surface area contributed by atoms with E-state index in [-0.39, 0.29) is 39.2 Å².